The summed E-state index contributed by atoms with van der Waals surface area (Å²) >= 11 is 0. The summed E-state index contributed by atoms with van der Waals surface area (Å²) in [6.45, 7) is 1.97. The van der Waals surface area contributed by atoms with E-state index in [9.17, 15) is 26.3 Å². The minimum Gasteiger partial charge on any atom is -0.741 e. The molecule has 2 N–H and O–H groups in total. The first-order valence-electron chi connectivity index (χ1n) is 18.0. The maximum atomic E-state index is 10.7. The number of aromatic nitrogens is 4. The van der Waals surface area contributed by atoms with Gasteiger partial charge in [0.15, 0.2) is 39.5 Å². The second-order valence-electron chi connectivity index (χ2n) is 13.8. The molecule has 0 saturated heterocycles. The zero-order valence-electron chi connectivity index (χ0n) is 31.0. The molecule has 0 atom stereocenters. The summed E-state index contributed by atoms with van der Waals surface area (Å²) in [6, 6.07) is 37.4. The molecule has 18 heteroatoms. The molecular formula is C42H32F6N4O6S2. The molecule has 0 saturated carbocycles. The first-order valence-corrected chi connectivity index (χ1v) is 20.9. The number of benzene rings is 3. The number of halogens is 6. The molecule has 10 nitrogen and oxygen atoms in total. The van der Waals surface area contributed by atoms with Crippen molar-refractivity contribution in [1.82, 2.24) is 9.97 Å². The Bertz CT molecular complexity index is 2940. The highest BCUT2D eigenvalue weighted by atomic mass is 32.2. The van der Waals surface area contributed by atoms with Gasteiger partial charge in [-0.25, -0.2) is 16.8 Å². The zero-order chi connectivity index (χ0) is 43.0. The van der Waals surface area contributed by atoms with Crippen LogP contribution in [-0.2, 0) is 46.2 Å². The summed E-state index contributed by atoms with van der Waals surface area (Å²) in [5.74, 6) is 0. The number of hydrogen-bond donors (Lipinski definition) is 2. The van der Waals surface area contributed by atoms with Gasteiger partial charge < -0.3 is 19.1 Å². The Hall–Kier alpha value is -6.08. The Balaban J connectivity index is 0.000000290. The van der Waals surface area contributed by atoms with Crippen molar-refractivity contribution >= 4 is 66.3 Å². The Morgan fingerprint density at radius 2 is 1.05 bits per heavy atom. The Morgan fingerprint density at radius 3 is 1.58 bits per heavy atom. The molecule has 0 spiro atoms. The molecule has 0 aliphatic carbocycles. The van der Waals surface area contributed by atoms with Gasteiger partial charge in [-0.2, -0.15) is 35.5 Å². The topological polar surface area (TPSA) is 154 Å². The molecule has 0 radical (unpaired) electrons. The summed E-state index contributed by atoms with van der Waals surface area (Å²) in [4.78, 5) is 7.13. The number of pyridine rings is 2. The van der Waals surface area contributed by atoms with Gasteiger partial charge in [0.2, 0.25) is 17.1 Å². The van der Waals surface area contributed by atoms with Crippen LogP contribution in [0.25, 0.3) is 68.6 Å². The Labute approximate surface area is 339 Å². The summed E-state index contributed by atoms with van der Waals surface area (Å²) in [7, 11) is -12.2. The molecule has 0 unspecified atom stereocenters. The van der Waals surface area contributed by atoms with E-state index in [1.54, 1.807) is 0 Å². The molecule has 9 rings (SSSR count). The fourth-order valence-corrected chi connectivity index (χ4v) is 7.15. The molecule has 4 aromatic heterocycles. The fraction of sp³-hybridized carbons (Fsp3) is 0.143. The fourth-order valence-electron chi connectivity index (χ4n) is 7.15. The lowest BCUT2D eigenvalue weighted by Crippen LogP contribution is -2.44. The largest absolute Gasteiger partial charge is 0.741 e. The molecule has 0 amide bonds. The van der Waals surface area contributed by atoms with Crippen molar-refractivity contribution < 1.29 is 61.4 Å². The third-order valence-electron chi connectivity index (χ3n) is 9.84. The number of aromatic amines is 2. The lowest BCUT2D eigenvalue weighted by molar-refractivity contribution is -0.690. The van der Waals surface area contributed by atoms with Gasteiger partial charge in [-0.1, -0.05) is 54.6 Å². The van der Waals surface area contributed by atoms with Crippen LogP contribution in [-0.4, -0.2) is 46.9 Å². The van der Waals surface area contributed by atoms with Crippen LogP contribution in [0.2, 0.25) is 0 Å². The van der Waals surface area contributed by atoms with E-state index in [4.69, 9.17) is 25.9 Å². The quantitative estimate of drug-likeness (QED) is 0.0789. The lowest BCUT2D eigenvalue weighted by atomic mass is 9.84. The third kappa shape index (κ3) is 9.06. The van der Waals surface area contributed by atoms with Gasteiger partial charge in [0.25, 0.3) is 0 Å². The molecular weight excluding hydrogens is 835 g/mol. The van der Waals surface area contributed by atoms with E-state index in [1.807, 2.05) is 0 Å². The number of nitrogens with zero attached hydrogens (tertiary/aromatic N) is 2. The summed E-state index contributed by atoms with van der Waals surface area (Å²) in [5.41, 5.74) is 3.89. The molecule has 0 fully saturated rings. The molecule has 6 heterocycles. The van der Waals surface area contributed by atoms with Gasteiger partial charge in [0.05, 0.1) is 11.1 Å². The highest BCUT2D eigenvalue weighted by Crippen LogP contribution is 2.40. The van der Waals surface area contributed by atoms with Crippen LogP contribution in [0.15, 0.2) is 109 Å². The molecule has 2 aliphatic heterocycles. The van der Waals surface area contributed by atoms with E-state index in [0.29, 0.717) is 0 Å². The van der Waals surface area contributed by atoms with Gasteiger partial charge in [-0.05, 0) is 69.9 Å². The van der Waals surface area contributed by atoms with Gasteiger partial charge >= 0.3 is 11.0 Å². The van der Waals surface area contributed by atoms with Crippen molar-refractivity contribution in [1.29, 1.82) is 0 Å². The van der Waals surface area contributed by atoms with Crippen molar-refractivity contribution in [2.75, 3.05) is 0 Å². The predicted octanol–water partition coefficient (Wildman–Crippen LogP) is 8.11. The predicted molar refractivity (Wildman–Crippen MR) is 211 cm³/mol. The number of rotatable bonds is 4. The standard InChI is InChI=1S/C40H31N4.2CHF3O3S/c1-3-9-35-30(7-1)25-32(41-35)15-12-27-23-34(17-16-33-26-31-8-2-4-10-36(31)42-33)44-22-19-29-14-13-28-18-21-43-20-6-5-11-37(43)39(28)40(29)38(44)24-27;2*2-1(3,4)8(5,6)7/h1-17,20,23-26H,18-19,21-22H2,(H,41,42);2*(H,5,6,7)/q+1;;/p-1. The maximum absolute atomic E-state index is 10.7. The van der Waals surface area contributed by atoms with E-state index < -0.39 is 31.3 Å². The van der Waals surface area contributed by atoms with Crippen LogP contribution >= 0.6 is 0 Å². The van der Waals surface area contributed by atoms with Crippen LogP contribution in [0.4, 0.5) is 26.3 Å². The van der Waals surface area contributed by atoms with Crippen LogP contribution < -0.4 is 9.13 Å². The van der Waals surface area contributed by atoms with Crippen molar-refractivity contribution in [2.45, 2.75) is 36.9 Å². The minimum atomic E-state index is -6.09. The van der Waals surface area contributed by atoms with E-state index in [1.165, 1.54) is 55.7 Å². The van der Waals surface area contributed by atoms with E-state index in [-0.39, 0.29) is 0 Å². The molecule has 0 bridgehead atoms. The monoisotopic (exact) mass is 866 g/mol. The number of alkyl halides is 6. The second kappa shape index (κ2) is 16.2. The number of aryl methyl sites for hydroxylation is 3. The van der Waals surface area contributed by atoms with Gasteiger partial charge in [-0.3, -0.25) is 0 Å². The smallest absolute Gasteiger partial charge is 0.485 e. The second-order valence-corrected chi connectivity index (χ2v) is 16.5. The van der Waals surface area contributed by atoms with Crippen LogP contribution in [0.5, 0.6) is 0 Å². The molecule has 60 heavy (non-hydrogen) atoms. The molecule has 310 valence electrons. The SMILES string of the molecule is C(=C\c1cc2ccccc2[nH]1)/c1cc(/C=C/c2cc3ccccc3[nH]2)[n+]2c(c1)-c1c(ccc3c1-c1cccc[n+]1CC3)CC2.O=S(=O)([O-])C(F)(F)F.O=S(=O)([O-])C(F)(F)F. The molecule has 2 aliphatic rings. The van der Waals surface area contributed by atoms with Gasteiger partial charge in [0, 0.05) is 65.6 Å². The van der Waals surface area contributed by atoms with Crippen LogP contribution in [0.1, 0.15) is 33.8 Å². The summed E-state index contributed by atoms with van der Waals surface area (Å²) < 4.78 is 123. The third-order valence-corrected chi connectivity index (χ3v) is 11.0. The highest BCUT2D eigenvalue weighted by Gasteiger charge is 2.38. The number of H-pyrrole nitrogens is 2. The van der Waals surface area contributed by atoms with Crippen LogP contribution in [0.3, 0.4) is 0 Å². The Kier molecular flexibility index (Phi) is 11.3. The first-order chi connectivity index (χ1) is 28.3. The number of fused-ring (bicyclic) bond motifs is 9. The van der Waals surface area contributed by atoms with Crippen molar-refractivity contribution in [3.8, 4) is 22.5 Å². The average Bonchev–Trinajstić information content (AvgIpc) is 3.81. The van der Waals surface area contributed by atoms with Gasteiger partial charge in [0.1, 0.15) is 0 Å². The van der Waals surface area contributed by atoms with Crippen molar-refractivity contribution in [3.05, 3.63) is 143 Å². The summed E-state index contributed by atoms with van der Waals surface area (Å²) in [6.07, 6.45) is 13.2. The van der Waals surface area contributed by atoms with Crippen molar-refractivity contribution in [2.24, 2.45) is 0 Å². The zero-order valence-corrected chi connectivity index (χ0v) is 32.6. The Morgan fingerprint density at radius 1 is 0.567 bits per heavy atom. The normalized spacial score (nSPS) is 13.9. The number of para-hydroxylation sites is 2. The van der Waals surface area contributed by atoms with Gasteiger partial charge in [-0.15, -0.1) is 0 Å². The first kappa shape index (κ1) is 42.1. The van der Waals surface area contributed by atoms with Crippen molar-refractivity contribution in [3.63, 3.8) is 0 Å². The maximum Gasteiger partial charge on any atom is 0.485 e. The minimum absolute atomic E-state index is 0.953. The number of hydrogen-bond acceptors (Lipinski definition) is 6. The van der Waals surface area contributed by atoms with E-state index >= 15 is 0 Å². The van der Waals surface area contributed by atoms with E-state index in [0.717, 1.165) is 48.4 Å². The lowest BCUT2D eigenvalue weighted by Gasteiger charge is -2.23. The molecule has 3 aromatic carbocycles. The average molecular weight is 867 g/mol. The number of nitrogens with one attached hydrogen (secondary N) is 2. The van der Waals surface area contributed by atoms with E-state index in [2.05, 4.69) is 153 Å². The van der Waals surface area contributed by atoms with Crippen LogP contribution in [0, 0.1) is 0 Å². The molecule has 7 aromatic rings. The highest BCUT2D eigenvalue weighted by molar-refractivity contribution is 7.86. The summed E-state index contributed by atoms with van der Waals surface area (Å²) in [5, 5.41) is 2.46.